The first-order valence-electron chi connectivity index (χ1n) is 11.6. The molecule has 202 valence electrons. The van der Waals surface area contributed by atoms with Crippen LogP contribution < -0.4 is 10.1 Å². The van der Waals surface area contributed by atoms with Gasteiger partial charge in [0.2, 0.25) is 0 Å². The molecular formula is C25H25F4N5O3S. The largest absolute Gasteiger partial charge is 0.435 e. The zero-order valence-corrected chi connectivity index (χ0v) is 21.8. The van der Waals surface area contributed by atoms with Gasteiger partial charge in [-0.1, -0.05) is 19.4 Å². The number of carbonyl (C=O) groups excluding carboxylic acids is 1. The zero-order chi connectivity index (χ0) is 28.0. The van der Waals surface area contributed by atoms with E-state index in [2.05, 4.69) is 20.5 Å². The molecule has 2 N–H and O–H groups in total. The number of halogens is 4. The lowest BCUT2D eigenvalue weighted by atomic mass is 9.68. The summed E-state index contributed by atoms with van der Waals surface area (Å²) in [5.41, 5.74) is -1.93. The Hall–Kier alpha value is -3.61. The number of anilines is 1. The highest BCUT2D eigenvalue weighted by molar-refractivity contribution is 7.91. The van der Waals surface area contributed by atoms with Gasteiger partial charge in [0.1, 0.15) is 5.56 Å². The predicted octanol–water partition coefficient (Wildman–Crippen LogP) is 6.17. The number of pyridine rings is 1. The molecule has 1 atom stereocenters. The molecule has 3 aromatic rings. The number of nitrogens with zero attached hydrogens (tertiary/aromatic N) is 3. The number of nitrogens with one attached hydrogen (secondary N) is 2. The van der Waals surface area contributed by atoms with E-state index in [9.17, 15) is 22.2 Å². The number of aromatic nitrogens is 3. The minimum absolute atomic E-state index is 0.0761. The fraction of sp³-hybridized carbons (Fsp3) is 0.360. The molecular weight excluding hydrogens is 526 g/mol. The number of rotatable bonds is 6. The van der Waals surface area contributed by atoms with Crippen LogP contribution in [0.4, 0.5) is 23.2 Å². The maximum absolute atomic E-state index is 15.1. The van der Waals surface area contributed by atoms with Gasteiger partial charge in [-0.15, -0.1) is 10.2 Å². The summed E-state index contributed by atoms with van der Waals surface area (Å²) < 4.78 is 81.2. The van der Waals surface area contributed by atoms with E-state index in [1.165, 1.54) is 30.5 Å². The average Bonchev–Trinajstić information content (AvgIpc) is 2.78. The molecule has 0 saturated heterocycles. The highest BCUT2D eigenvalue weighted by Crippen LogP contribution is 2.44. The standard InChI is InChI=1S/C25H25F4N5O3S/c1-13-11-17(24(3)9-6-10-24)32-21(26)19(13)37-23-18(14(2)20(33-34-23)25(27,28)29)22(35)31-15-7-5-8-16(12-15)38(4,30)36/h5,7-8,11-12,30H,6,9-10H2,1-4H3,(H,31,35). The molecule has 0 radical (unpaired) electrons. The van der Waals surface area contributed by atoms with Crippen molar-refractivity contribution in [3.63, 3.8) is 0 Å². The Bertz CT molecular complexity index is 1510. The number of hydrogen-bond donors (Lipinski definition) is 2. The van der Waals surface area contributed by atoms with Crippen molar-refractivity contribution < 1.29 is 31.3 Å². The van der Waals surface area contributed by atoms with Gasteiger partial charge in [-0.05, 0) is 62.1 Å². The highest BCUT2D eigenvalue weighted by atomic mass is 32.2. The van der Waals surface area contributed by atoms with Crippen molar-refractivity contribution in [2.45, 2.75) is 56.5 Å². The van der Waals surface area contributed by atoms with E-state index in [0.717, 1.165) is 26.2 Å². The van der Waals surface area contributed by atoms with Crippen LogP contribution in [0, 0.1) is 24.6 Å². The zero-order valence-electron chi connectivity index (χ0n) is 21.0. The highest BCUT2D eigenvalue weighted by Gasteiger charge is 2.39. The molecule has 38 heavy (non-hydrogen) atoms. The summed E-state index contributed by atoms with van der Waals surface area (Å²) in [4.78, 5) is 17.4. The number of benzene rings is 1. The molecule has 0 bridgehead atoms. The van der Waals surface area contributed by atoms with Crippen molar-refractivity contribution >= 4 is 21.3 Å². The van der Waals surface area contributed by atoms with Gasteiger partial charge in [-0.2, -0.15) is 17.6 Å². The summed E-state index contributed by atoms with van der Waals surface area (Å²) >= 11 is 0. The number of amides is 1. The Balaban J connectivity index is 1.76. The van der Waals surface area contributed by atoms with Crippen LogP contribution in [-0.4, -0.2) is 31.6 Å². The molecule has 1 amide bonds. The fourth-order valence-electron chi connectivity index (χ4n) is 4.23. The van der Waals surface area contributed by atoms with Crippen molar-refractivity contribution in [3.8, 4) is 11.6 Å². The molecule has 1 saturated carbocycles. The lowest BCUT2D eigenvalue weighted by Crippen LogP contribution is -2.31. The third kappa shape index (κ3) is 5.33. The summed E-state index contributed by atoms with van der Waals surface area (Å²) in [6.45, 7) is 4.56. The van der Waals surface area contributed by atoms with E-state index in [-0.39, 0.29) is 21.7 Å². The van der Waals surface area contributed by atoms with Gasteiger partial charge in [-0.3, -0.25) is 4.79 Å². The summed E-state index contributed by atoms with van der Waals surface area (Å²) in [5.74, 6) is -3.07. The van der Waals surface area contributed by atoms with Crippen LogP contribution in [0.15, 0.2) is 35.2 Å². The SMILES string of the molecule is Cc1cc(C2(C)CCC2)nc(F)c1Oc1nnc(C(F)(F)F)c(C)c1C(=O)Nc1cccc(S(C)(=N)=O)c1. The smallest absolute Gasteiger partial charge is 0.432 e. The molecule has 1 aliphatic carbocycles. The quantitative estimate of drug-likeness (QED) is 0.280. The van der Waals surface area contributed by atoms with E-state index in [0.29, 0.717) is 11.3 Å². The molecule has 0 aliphatic heterocycles. The summed E-state index contributed by atoms with van der Waals surface area (Å²) in [6, 6.07) is 7.20. The van der Waals surface area contributed by atoms with E-state index in [1.54, 1.807) is 13.0 Å². The summed E-state index contributed by atoms with van der Waals surface area (Å²) in [6.07, 6.45) is -1.04. The Morgan fingerprint density at radius 2 is 1.87 bits per heavy atom. The first-order chi connectivity index (χ1) is 17.6. The van der Waals surface area contributed by atoms with Crippen LogP contribution in [0.3, 0.4) is 0 Å². The van der Waals surface area contributed by atoms with Crippen LogP contribution in [0.25, 0.3) is 0 Å². The second-order valence-corrected chi connectivity index (χ2v) is 11.8. The number of carbonyl (C=O) groups is 1. The summed E-state index contributed by atoms with van der Waals surface area (Å²) in [5, 5.41) is 9.09. The number of aryl methyl sites for hydroxylation is 1. The fourth-order valence-corrected chi connectivity index (χ4v) is 4.92. The molecule has 1 aliphatic rings. The van der Waals surface area contributed by atoms with Crippen molar-refractivity contribution in [2.24, 2.45) is 0 Å². The van der Waals surface area contributed by atoms with Gasteiger partial charge < -0.3 is 10.1 Å². The number of ether oxygens (including phenoxy) is 1. The Labute approximate surface area is 216 Å². The molecule has 8 nitrogen and oxygen atoms in total. The van der Waals surface area contributed by atoms with Crippen LogP contribution >= 0.6 is 0 Å². The molecule has 1 unspecified atom stereocenters. The van der Waals surface area contributed by atoms with Crippen molar-refractivity contribution in [3.05, 3.63) is 64.4 Å². The average molecular weight is 552 g/mol. The number of hydrogen-bond acceptors (Lipinski definition) is 7. The van der Waals surface area contributed by atoms with Crippen LogP contribution in [0.5, 0.6) is 11.6 Å². The lowest BCUT2D eigenvalue weighted by molar-refractivity contribution is -0.142. The van der Waals surface area contributed by atoms with Gasteiger partial charge in [0.15, 0.2) is 11.4 Å². The molecule has 2 heterocycles. The van der Waals surface area contributed by atoms with Crippen molar-refractivity contribution in [2.75, 3.05) is 11.6 Å². The molecule has 0 spiro atoms. The second-order valence-electron chi connectivity index (χ2n) is 9.64. The molecule has 13 heteroatoms. The first kappa shape index (κ1) is 27.4. The van der Waals surface area contributed by atoms with E-state index >= 15 is 4.39 Å². The molecule has 1 fully saturated rings. The third-order valence-electron chi connectivity index (χ3n) is 6.61. The Kier molecular flexibility index (Phi) is 6.93. The van der Waals surface area contributed by atoms with Crippen LogP contribution in [0.1, 0.15) is 59.1 Å². The van der Waals surface area contributed by atoms with Crippen LogP contribution in [0.2, 0.25) is 0 Å². The third-order valence-corrected chi connectivity index (χ3v) is 7.77. The predicted molar refractivity (Wildman–Crippen MR) is 131 cm³/mol. The van der Waals surface area contributed by atoms with Crippen molar-refractivity contribution in [1.82, 2.24) is 15.2 Å². The van der Waals surface area contributed by atoms with Gasteiger partial charge >= 0.3 is 6.18 Å². The Morgan fingerprint density at radius 1 is 1.18 bits per heavy atom. The maximum atomic E-state index is 15.1. The van der Waals surface area contributed by atoms with E-state index in [1.807, 2.05) is 6.92 Å². The minimum atomic E-state index is -4.92. The van der Waals surface area contributed by atoms with Gasteiger partial charge in [0.25, 0.3) is 17.7 Å². The minimum Gasteiger partial charge on any atom is -0.432 e. The lowest BCUT2D eigenvalue weighted by Gasteiger charge is -2.38. The van der Waals surface area contributed by atoms with Gasteiger partial charge in [0, 0.05) is 22.3 Å². The first-order valence-corrected chi connectivity index (χ1v) is 13.5. The maximum Gasteiger partial charge on any atom is 0.435 e. The summed E-state index contributed by atoms with van der Waals surface area (Å²) in [7, 11) is -3.13. The molecule has 1 aromatic carbocycles. The monoisotopic (exact) mass is 551 g/mol. The molecule has 2 aromatic heterocycles. The van der Waals surface area contributed by atoms with Crippen molar-refractivity contribution in [1.29, 1.82) is 4.78 Å². The number of alkyl halides is 3. The second kappa shape index (κ2) is 9.61. The topological polar surface area (TPSA) is 118 Å². The van der Waals surface area contributed by atoms with Crippen LogP contribution in [-0.2, 0) is 21.3 Å². The Morgan fingerprint density at radius 3 is 2.42 bits per heavy atom. The normalized spacial score (nSPS) is 16.3. The molecule has 4 rings (SSSR count). The van der Waals surface area contributed by atoms with E-state index in [4.69, 9.17) is 9.52 Å². The van der Waals surface area contributed by atoms with Gasteiger partial charge in [0.05, 0.1) is 15.4 Å². The van der Waals surface area contributed by atoms with E-state index < -0.39 is 50.5 Å². The van der Waals surface area contributed by atoms with Gasteiger partial charge in [-0.25, -0.2) is 14.0 Å².